The topological polar surface area (TPSA) is 0 Å². The SMILES string of the molecule is CC(=C\Br)/C(C)=C/Br. The minimum Gasteiger partial charge on any atom is -0.0592 e. The van der Waals surface area contributed by atoms with Crippen LogP contribution in [0, 0.1) is 0 Å². The maximum Gasteiger partial charge on any atom is -0.0157 e. The molecule has 2 heteroatoms. The lowest BCUT2D eigenvalue weighted by molar-refractivity contribution is 1.38. The van der Waals surface area contributed by atoms with E-state index in [0.29, 0.717) is 0 Å². The molecule has 0 heterocycles. The van der Waals surface area contributed by atoms with Gasteiger partial charge in [-0.3, -0.25) is 0 Å². The van der Waals surface area contributed by atoms with Crippen molar-refractivity contribution in [1.82, 2.24) is 0 Å². The van der Waals surface area contributed by atoms with Gasteiger partial charge in [-0.05, 0) is 35.0 Å². The predicted molar refractivity (Wildman–Crippen MR) is 45.4 cm³/mol. The molecule has 0 fully saturated rings. The van der Waals surface area contributed by atoms with E-state index in [9.17, 15) is 0 Å². The summed E-state index contributed by atoms with van der Waals surface area (Å²) in [5.41, 5.74) is 2.48. The van der Waals surface area contributed by atoms with Gasteiger partial charge in [0.1, 0.15) is 0 Å². The van der Waals surface area contributed by atoms with Crippen molar-refractivity contribution < 1.29 is 0 Å². The molecule has 0 amide bonds. The molecule has 0 saturated heterocycles. The molecule has 0 nitrogen and oxygen atoms in total. The molecule has 0 aromatic carbocycles. The van der Waals surface area contributed by atoms with E-state index in [4.69, 9.17) is 0 Å². The van der Waals surface area contributed by atoms with E-state index >= 15 is 0 Å². The van der Waals surface area contributed by atoms with Gasteiger partial charge in [-0.2, -0.15) is 0 Å². The van der Waals surface area contributed by atoms with Crippen molar-refractivity contribution in [2.24, 2.45) is 0 Å². The number of halogens is 2. The van der Waals surface area contributed by atoms with Crippen molar-refractivity contribution >= 4 is 31.9 Å². The Kier molecular flexibility index (Phi) is 4.57. The lowest BCUT2D eigenvalue weighted by Crippen LogP contribution is -1.72. The molecule has 0 aliphatic heterocycles. The Balaban J connectivity index is 4.04. The lowest BCUT2D eigenvalue weighted by atomic mass is 10.2. The first-order chi connectivity index (χ1) is 3.72. The third-order valence-corrected chi connectivity index (χ3v) is 2.32. The second kappa shape index (κ2) is 4.33. The maximum atomic E-state index is 3.23. The Labute approximate surface area is 66.9 Å². The van der Waals surface area contributed by atoms with Gasteiger partial charge < -0.3 is 0 Å². The predicted octanol–water partition coefficient (Wildman–Crippen LogP) is 3.58. The van der Waals surface area contributed by atoms with E-state index in [1.807, 2.05) is 23.8 Å². The first-order valence-electron chi connectivity index (χ1n) is 2.26. The van der Waals surface area contributed by atoms with Crippen LogP contribution in [0.1, 0.15) is 13.8 Å². The molecule has 0 unspecified atom stereocenters. The summed E-state index contributed by atoms with van der Waals surface area (Å²) in [6.07, 6.45) is 0. The summed E-state index contributed by atoms with van der Waals surface area (Å²) in [7, 11) is 0. The van der Waals surface area contributed by atoms with Crippen LogP contribution in [0.3, 0.4) is 0 Å². The average molecular weight is 240 g/mol. The van der Waals surface area contributed by atoms with Crippen molar-refractivity contribution in [2.75, 3.05) is 0 Å². The van der Waals surface area contributed by atoms with Gasteiger partial charge in [0.15, 0.2) is 0 Å². The molecule has 0 bridgehead atoms. The van der Waals surface area contributed by atoms with E-state index in [1.165, 1.54) is 11.1 Å². The number of rotatable bonds is 1. The first-order valence-corrected chi connectivity index (χ1v) is 4.10. The van der Waals surface area contributed by atoms with Crippen molar-refractivity contribution in [3.05, 3.63) is 21.1 Å². The largest absolute Gasteiger partial charge is 0.0592 e. The van der Waals surface area contributed by atoms with Gasteiger partial charge in [0, 0.05) is 0 Å². The second-order valence-electron chi connectivity index (χ2n) is 1.58. The van der Waals surface area contributed by atoms with Gasteiger partial charge in [0.2, 0.25) is 0 Å². The van der Waals surface area contributed by atoms with Crippen molar-refractivity contribution in [3.63, 3.8) is 0 Å². The Morgan fingerprint density at radius 3 is 1.38 bits per heavy atom. The summed E-state index contributed by atoms with van der Waals surface area (Å²) in [6.45, 7) is 4.09. The van der Waals surface area contributed by atoms with Gasteiger partial charge in [0.25, 0.3) is 0 Å². The highest BCUT2D eigenvalue weighted by Crippen LogP contribution is 2.11. The van der Waals surface area contributed by atoms with Gasteiger partial charge in [-0.25, -0.2) is 0 Å². The molecule has 0 rings (SSSR count). The third-order valence-electron chi connectivity index (χ3n) is 0.949. The van der Waals surface area contributed by atoms with E-state index in [2.05, 4.69) is 31.9 Å². The molecular weight excluding hydrogens is 232 g/mol. The molecule has 0 aliphatic rings. The Morgan fingerprint density at radius 1 is 1.00 bits per heavy atom. The van der Waals surface area contributed by atoms with E-state index in [-0.39, 0.29) is 0 Å². The molecule has 0 atom stereocenters. The minimum atomic E-state index is 1.24. The molecule has 8 heavy (non-hydrogen) atoms. The zero-order chi connectivity index (χ0) is 6.57. The average Bonchev–Trinajstić information content (AvgIpc) is 1.84. The van der Waals surface area contributed by atoms with Gasteiger partial charge in [-0.15, -0.1) is 0 Å². The van der Waals surface area contributed by atoms with E-state index in [1.54, 1.807) is 0 Å². The summed E-state index contributed by atoms with van der Waals surface area (Å²) in [6, 6.07) is 0. The Bertz CT molecular complexity index is 106. The van der Waals surface area contributed by atoms with Crippen LogP contribution in [0.25, 0.3) is 0 Å². The van der Waals surface area contributed by atoms with Crippen LogP contribution in [-0.4, -0.2) is 0 Å². The molecule has 0 N–H and O–H groups in total. The zero-order valence-corrected chi connectivity index (χ0v) is 8.08. The standard InChI is InChI=1S/C6H8Br2/c1-5(3-7)6(2)4-8/h3-4H,1-2H3/b5-3+,6-4+. The van der Waals surface area contributed by atoms with Gasteiger partial charge >= 0.3 is 0 Å². The fourth-order valence-corrected chi connectivity index (χ4v) is 0.894. The molecule has 0 spiro atoms. The van der Waals surface area contributed by atoms with Crippen molar-refractivity contribution in [2.45, 2.75) is 13.8 Å². The summed E-state index contributed by atoms with van der Waals surface area (Å²) in [5, 5.41) is 0. The number of hydrogen-bond acceptors (Lipinski definition) is 0. The third kappa shape index (κ3) is 2.68. The van der Waals surface area contributed by atoms with E-state index < -0.39 is 0 Å². The minimum absolute atomic E-state index is 1.24. The van der Waals surface area contributed by atoms with Gasteiger partial charge in [-0.1, -0.05) is 31.9 Å². The lowest BCUT2D eigenvalue weighted by Gasteiger charge is -1.93. The number of hydrogen-bond donors (Lipinski definition) is 0. The maximum absolute atomic E-state index is 3.23. The smallest absolute Gasteiger partial charge is 0.0157 e. The Hall–Kier alpha value is 0.440. The Morgan fingerprint density at radius 2 is 1.25 bits per heavy atom. The van der Waals surface area contributed by atoms with Crippen LogP contribution in [0.2, 0.25) is 0 Å². The summed E-state index contributed by atoms with van der Waals surface area (Å²) < 4.78 is 0. The fraction of sp³-hybridized carbons (Fsp3) is 0.333. The molecule has 0 aromatic rings. The van der Waals surface area contributed by atoms with Crippen LogP contribution in [0.15, 0.2) is 21.1 Å². The van der Waals surface area contributed by atoms with Crippen LogP contribution in [0.4, 0.5) is 0 Å². The molecule has 0 saturated carbocycles. The van der Waals surface area contributed by atoms with Crippen LogP contribution in [0.5, 0.6) is 0 Å². The quantitative estimate of drug-likeness (QED) is 0.614. The first kappa shape index (κ1) is 8.44. The molecule has 46 valence electrons. The normalized spacial score (nSPS) is 14.5. The second-order valence-corrected chi connectivity index (χ2v) is 2.50. The van der Waals surface area contributed by atoms with Gasteiger partial charge in [0.05, 0.1) is 0 Å². The molecule has 0 aromatic heterocycles. The highest BCUT2D eigenvalue weighted by molar-refractivity contribution is 9.11. The molecule has 0 radical (unpaired) electrons. The van der Waals surface area contributed by atoms with Crippen LogP contribution < -0.4 is 0 Å². The van der Waals surface area contributed by atoms with Crippen molar-refractivity contribution in [3.8, 4) is 0 Å². The molecule has 0 aliphatic carbocycles. The highest BCUT2D eigenvalue weighted by atomic mass is 79.9. The monoisotopic (exact) mass is 238 g/mol. The molecular formula is C6H8Br2. The summed E-state index contributed by atoms with van der Waals surface area (Å²) >= 11 is 6.46. The number of allylic oxidation sites excluding steroid dienone is 2. The summed E-state index contributed by atoms with van der Waals surface area (Å²) in [4.78, 5) is 3.81. The highest BCUT2D eigenvalue weighted by Gasteiger charge is 1.86. The fourth-order valence-electron chi connectivity index (χ4n) is 0.172. The van der Waals surface area contributed by atoms with E-state index in [0.717, 1.165) is 0 Å². The van der Waals surface area contributed by atoms with Crippen molar-refractivity contribution in [1.29, 1.82) is 0 Å². The van der Waals surface area contributed by atoms with Crippen LogP contribution in [-0.2, 0) is 0 Å². The summed E-state index contributed by atoms with van der Waals surface area (Å²) in [5.74, 6) is 0. The van der Waals surface area contributed by atoms with Crippen LogP contribution >= 0.6 is 31.9 Å². The zero-order valence-electron chi connectivity index (χ0n) is 4.91.